The summed E-state index contributed by atoms with van der Waals surface area (Å²) in [6, 6.07) is 17.9. The Hall–Kier alpha value is -3.07. The number of imide groups is 1. The van der Waals surface area contributed by atoms with E-state index < -0.39 is 10.0 Å². The largest absolute Gasteiger partial charge is 0.299 e. The molecule has 2 aliphatic heterocycles. The Kier molecular flexibility index (Phi) is 5.52. The monoisotopic (exact) mass is 463 g/mol. The fourth-order valence-corrected chi connectivity index (χ4v) is 6.00. The molecule has 8 heteroatoms. The average molecular weight is 464 g/mol. The van der Waals surface area contributed by atoms with Crippen LogP contribution in [0.25, 0.3) is 10.8 Å². The minimum atomic E-state index is -3.52. The summed E-state index contributed by atoms with van der Waals surface area (Å²) in [5.41, 5.74) is 2.12. The molecule has 0 N–H and O–H groups in total. The maximum atomic E-state index is 13.0. The third-order valence-electron chi connectivity index (χ3n) is 6.49. The van der Waals surface area contributed by atoms with Gasteiger partial charge in [-0.3, -0.25) is 19.4 Å². The van der Waals surface area contributed by atoms with Gasteiger partial charge in [-0.25, -0.2) is 8.42 Å². The standard InChI is InChI=1S/C25H25N3O4S/c1-18-8-10-20(11-9-18)33(31,32)27-15-12-26(13-16-27)14-17-28-24(29)21-6-2-4-19-5-3-7-22(23(19)21)25(28)30/h2-11H,12-17H2,1H3. The summed E-state index contributed by atoms with van der Waals surface area (Å²) < 4.78 is 27.3. The number of amides is 2. The topological polar surface area (TPSA) is 78.0 Å². The highest BCUT2D eigenvalue weighted by Crippen LogP contribution is 2.30. The highest BCUT2D eigenvalue weighted by molar-refractivity contribution is 7.89. The molecule has 0 aromatic heterocycles. The van der Waals surface area contributed by atoms with Gasteiger partial charge < -0.3 is 0 Å². The Morgan fingerprint density at radius 2 is 1.33 bits per heavy atom. The lowest BCUT2D eigenvalue weighted by molar-refractivity contribution is 0.0584. The molecule has 0 bridgehead atoms. The number of sulfonamides is 1. The van der Waals surface area contributed by atoms with Gasteiger partial charge in [0.15, 0.2) is 0 Å². The van der Waals surface area contributed by atoms with Crippen molar-refractivity contribution < 1.29 is 18.0 Å². The minimum Gasteiger partial charge on any atom is -0.299 e. The molecule has 0 atom stereocenters. The van der Waals surface area contributed by atoms with Crippen molar-refractivity contribution in [1.82, 2.24) is 14.1 Å². The van der Waals surface area contributed by atoms with Gasteiger partial charge in [-0.15, -0.1) is 0 Å². The van der Waals surface area contributed by atoms with Gasteiger partial charge in [-0.1, -0.05) is 42.0 Å². The van der Waals surface area contributed by atoms with Crippen molar-refractivity contribution in [3.63, 3.8) is 0 Å². The van der Waals surface area contributed by atoms with E-state index in [2.05, 4.69) is 4.90 Å². The number of aryl methyl sites for hydroxylation is 1. The van der Waals surface area contributed by atoms with E-state index in [1.165, 1.54) is 9.21 Å². The van der Waals surface area contributed by atoms with Crippen LogP contribution in [-0.4, -0.2) is 73.6 Å². The lowest BCUT2D eigenvalue weighted by Crippen LogP contribution is -2.51. The molecule has 33 heavy (non-hydrogen) atoms. The maximum absolute atomic E-state index is 13.0. The van der Waals surface area contributed by atoms with Gasteiger partial charge >= 0.3 is 0 Å². The second kappa shape index (κ2) is 8.37. The molecule has 1 fully saturated rings. The molecule has 7 nitrogen and oxygen atoms in total. The molecular weight excluding hydrogens is 438 g/mol. The number of carbonyl (C=O) groups is 2. The van der Waals surface area contributed by atoms with Gasteiger partial charge in [0.25, 0.3) is 11.8 Å². The molecule has 3 aromatic rings. The Labute approximate surface area is 193 Å². The normalized spacial score (nSPS) is 17.7. The van der Waals surface area contributed by atoms with Crippen LogP contribution in [0.1, 0.15) is 26.3 Å². The number of hydrogen-bond acceptors (Lipinski definition) is 5. The highest BCUT2D eigenvalue weighted by Gasteiger charge is 2.33. The number of benzene rings is 3. The van der Waals surface area contributed by atoms with Crippen molar-refractivity contribution in [3.8, 4) is 0 Å². The van der Waals surface area contributed by atoms with Crippen molar-refractivity contribution in [3.05, 3.63) is 77.4 Å². The lowest BCUT2D eigenvalue weighted by atomic mass is 9.94. The summed E-state index contributed by atoms with van der Waals surface area (Å²) >= 11 is 0. The molecule has 2 aliphatic rings. The van der Waals surface area contributed by atoms with Crippen LogP contribution in [0.2, 0.25) is 0 Å². The lowest BCUT2D eigenvalue weighted by Gasteiger charge is -2.35. The van der Waals surface area contributed by atoms with Gasteiger partial charge in [0.2, 0.25) is 10.0 Å². The van der Waals surface area contributed by atoms with E-state index in [0.29, 0.717) is 48.7 Å². The summed E-state index contributed by atoms with van der Waals surface area (Å²) in [6.45, 7) is 4.55. The molecule has 0 radical (unpaired) electrons. The molecule has 3 aromatic carbocycles. The maximum Gasteiger partial charge on any atom is 0.261 e. The first-order valence-corrected chi connectivity index (χ1v) is 12.5. The van der Waals surface area contributed by atoms with Crippen molar-refractivity contribution in [2.24, 2.45) is 0 Å². The van der Waals surface area contributed by atoms with Crippen molar-refractivity contribution in [2.45, 2.75) is 11.8 Å². The SMILES string of the molecule is Cc1ccc(S(=O)(=O)N2CCN(CCN3C(=O)c4cccc5cccc(c45)C3=O)CC2)cc1. The Morgan fingerprint density at radius 1 is 0.758 bits per heavy atom. The molecule has 0 aliphatic carbocycles. The number of rotatable bonds is 5. The summed E-state index contributed by atoms with van der Waals surface area (Å²) in [5.74, 6) is -0.547. The summed E-state index contributed by atoms with van der Waals surface area (Å²) in [5, 5.41) is 1.61. The van der Waals surface area contributed by atoms with Crippen molar-refractivity contribution in [2.75, 3.05) is 39.3 Å². The number of piperazine rings is 1. The van der Waals surface area contributed by atoms with Crippen LogP contribution >= 0.6 is 0 Å². The van der Waals surface area contributed by atoms with Crippen LogP contribution in [0.5, 0.6) is 0 Å². The van der Waals surface area contributed by atoms with Crippen LogP contribution in [0.4, 0.5) is 0 Å². The van der Waals surface area contributed by atoms with E-state index in [4.69, 9.17) is 0 Å². The van der Waals surface area contributed by atoms with E-state index in [0.717, 1.165) is 16.3 Å². The molecule has 0 unspecified atom stereocenters. The van der Waals surface area contributed by atoms with Crippen LogP contribution in [0.3, 0.4) is 0 Å². The average Bonchev–Trinajstić information content (AvgIpc) is 2.83. The Bertz CT molecular complexity index is 1290. The number of carbonyl (C=O) groups excluding carboxylic acids is 2. The van der Waals surface area contributed by atoms with Gasteiger partial charge in [-0.2, -0.15) is 4.31 Å². The van der Waals surface area contributed by atoms with E-state index in [9.17, 15) is 18.0 Å². The van der Waals surface area contributed by atoms with E-state index in [1.54, 1.807) is 36.4 Å². The smallest absolute Gasteiger partial charge is 0.261 e. The summed E-state index contributed by atoms with van der Waals surface area (Å²) in [6.07, 6.45) is 0. The van der Waals surface area contributed by atoms with Crippen LogP contribution in [0.15, 0.2) is 65.6 Å². The fraction of sp³-hybridized carbons (Fsp3) is 0.280. The van der Waals surface area contributed by atoms with E-state index in [1.807, 2.05) is 31.2 Å². The highest BCUT2D eigenvalue weighted by atomic mass is 32.2. The first-order chi connectivity index (χ1) is 15.9. The van der Waals surface area contributed by atoms with Gasteiger partial charge in [-0.05, 0) is 36.6 Å². The number of nitrogens with zero attached hydrogens (tertiary/aromatic N) is 3. The zero-order valence-corrected chi connectivity index (χ0v) is 19.2. The van der Waals surface area contributed by atoms with Gasteiger partial charge in [0.1, 0.15) is 0 Å². The van der Waals surface area contributed by atoms with Crippen LogP contribution < -0.4 is 0 Å². The predicted octanol–water partition coefficient (Wildman–Crippen LogP) is 2.75. The zero-order valence-electron chi connectivity index (χ0n) is 18.4. The Morgan fingerprint density at radius 3 is 1.91 bits per heavy atom. The van der Waals surface area contributed by atoms with Crippen molar-refractivity contribution in [1.29, 1.82) is 0 Å². The number of hydrogen-bond donors (Lipinski definition) is 0. The zero-order chi connectivity index (χ0) is 23.2. The quantitative estimate of drug-likeness (QED) is 0.544. The second-order valence-electron chi connectivity index (χ2n) is 8.53. The first kappa shape index (κ1) is 21.8. The van der Waals surface area contributed by atoms with Crippen LogP contribution in [-0.2, 0) is 10.0 Å². The van der Waals surface area contributed by atoms with E-state index in [-0.39, 0.29) is 18.4 Å². The molecular formula is C25H25N3O4S. The molecule has 0 saturated carbocycles. The third-order valence-corrected chi connectivity index (χ3v) is 8.40. The molecule has 2 amide bonds. The summed E-state index contributed by atoms with van der Waals surface area (Å²) in [4.78, 5) is 29.8. The second-order valence-corrected chi connectivity index (χ2v) is 10.5. The third kappa shape index (κ3) is 3.84. The fourth-order valence-electron chi connectivity index (χ4n) is 4.58. The van der Waals surface area contributed by atoms with Crippen molar-refractivity contribution >= 4 is 32.6 Å². The molecule has 0 spiro atoms. The first-order valence-electron chi connectivity index (χ1n) is 11.0. The van der Waals surface area contributed by atoms with Crippen LogP contribution in [0, 0.1) is 6.92 Å². The van der Waals surface area contributed by atoms with E-state index >= 15 is 0 Å². The molecule has 5 rings (SSSR count). The molecule has 170 valence electrons. The molecule has 1 saturated heterocycles. The molecule has 2 heterocycles. The Balaban J connectivity index is 1.24. The predicted molar refractivity (Wildman–Crippen MR) is 126 cm³/mol. The van der Waals surface area contributed by atoms with Gasteiger partial charge in [0.05, 0.1) is 4.90 Å². The van der Waals surface area contributed by atoms with Gasteiger partial charge in [0, 0.05) is 55.8 Å². The summed E-state index contributed by atoms with van der Waals surface area (Å²) in [7, 11) is -3.52. The minimum absolute atomic E-state index is 0.271.